The van der Waals surface area contributed by atoms with Crippen molar-refractivity contribution in [2.75, 3.05) is 13.1 Å². The van der Waals surface area contributed by atoms with Crippen molar-refractivity contribution in [3.8, 4) is 0 Å². The molecule has 1 aliphatic carbocycles. The molecule has 1 saturated heterocycles. The Morgan fingerprint density at radius 2 is 1.97 bits per heavy atom. The van der Waals surface area contributed by atoms with Crippen LogP contribution in [0.5, 0.6) is 0 Å². The van der Waals surface area contributed by atoms with Crippen LogP contribution in [0.25, 0.3) is 0 Å². The Balaban J connectivity index is 1.14. The summed E-state index contributed by atoms with van der Waals surface area (Å²) in [5.74, 6) is 1.85. The lowest BCUT2D eigenvalue weighted by Gasteiger charge is -2.30. The van der Waals surface area contributed by atoms with Crippen LogP contribution in [0.15, 0.2) is 39.5 Å². The monoisotopic (exact) mass is 409 g/mol. The Morgan fingerprint density at radius 1 is 1.13 bits per heavy atom. The molecule has 1 saturated carbocycles. The molecule has 0 spiro atoms. The zero-order valence-corrected chi connectivity index (χ0v) is 16.5. The highest BCUT2D eigenvalue weighted by Crippen LogP contribution is 2.40. The molecule has 0 aromatic carbocycles. The molecule has 9 nitrogen and oxygen atoms in total. The number of furan rings is 1. The number of amides is 2. The Kier molecular flexibility index (Phi) is 4.86. The van der Waals surface area contributed by atoms with Gasteiger partial charge in [0, 0.05) is 36.7 Å². The van der Waals surface area contributed by atoms with Gasteiger partial charge in [0.15, 0.2) is 5.69 Å². The van der Waals surface area contributed by atoms with E-state index in [4.69, 9.17) is 8.94 Å². The van der Waals surface area contributed by atoms with Crippen molar-refractivity contribution in [2.45, 2.75) is 44.1 Å². The average molecular weight is 409 g/mol. The third kappa shape index (κ3) is 3.87. The number of hydrogen-bond acceptors (Lipinski definition) is 6. The molecule has 2 amide bonds. The van der Waals surface area contributed by atoms with Crippen LogP contribution in [0, 0.1) is 0 Å². The first kappa shape index (κ1) is 18.7. The maximum absolute atomic E-state index is 12.7. The van der Waals surface area contributed by atoms with E-state index in [2.05, 4.69) is 20.7 Å². The Hall–Kier alpha value is -3.36. The number of H-pyrrole nitrogens is 1. The van der Waals surface area contributed by atoms with Gasteiger partial charge >= 0.3 is 0 Å². The van der Waals surface area contributed by atoms with Crippen LogP contribution in [-0.2, 0) is 6.54 Å². The predicted molar refractivity (Wildman–Crippen MR) is 105 cm³/mol. The molecule has 2 fully saturated rings. The summed E-state index contributed by atoms with van der Waals surface area (Å²) in [4.78, 5) is 26.8. The Morgan fingerprint density at radius 3 is 2.70 bits per heavy atom. The lowest BCUT2D eigenvalue weighted by molar-refractivity contribution is 0.0701. The van der Waals surface area contributed by atoms with Crippen LogP contribution in [0.3, 0.4) is 0 Å². The largest absolute Gasteiger partial charge is 0.467 e. The van der Waals surface area contributed by atoms with E-state index in [1.807, 2.05) is 4.90 Å². The summed E-state index contributed by atoms with van der Waals surface area (Å²) in [6.07, 6.45) is 5.39. The Bertz CT molecular complexity index is 1030. The second-order valence-electron chi connectivity index (χ2n) is 7.93. The van der Waals surface area contributed by atoms with E-state index < -0.39 is 0 Å². The number of hydrogen-bond donors (Lipinski definition) is 2. The number of rotatable bonds is 6. The number of aromatic nitrogens is 3. The van der Waals surface area contributed by atoms with Crippen LogP contribution in [0.4, 0.5) is 0 Å². The molecular formula is C21H23N5O4. The second kappa shape index (κ2) is 7.81. The van der Waals surface area contributed by atoms with E-state index in [9.17, 15) is 9.59 Å². The zero-order valence-electron chi connectivity index (χ0n) is 16.5. The Labute approximate surface area is 172 Å². The van der Waals surface area contributed by atoms with Crippen molar-refractivity contribution in [3.63, 3.8) is 0 Å². The minimum atomic E-state index is -0.251. The van der Waals surface area contributed by atoms with Crippen LogP contribution in [-0.4, -0.2) is 45.2 Å². The molecule has 9 heteroatoms. The minimum Gasteiger partial charge on any atom is -0.467 e. The molecule has 5 rings (SSSR count). The van der Waals surface area contributed by atoms with E-state index >= 15 is 0 Å². The SMILES string of the molecule is O=C(NCc1ccco1)c1cc(C2CCN(C(=O)c3cc(C4CC4)on3)CC2)[nH]n1. The quantitative estimate of drug-likeness (QED) is 0.646. The normalized spacial score (nSPS) is 17.3. The summed E-state index contributed by atoms with van der Waals surface area (Å²) in [7, 11) is 0. The van der Waals surface area contributed by atoms with Crippen molar-refractivity contribution < 1.29 is 18.5 Å². The van der Waals surface area contributed by atoms with Gasteiger partial charge in [-0.25, -0.2) is 0 Å². The first-order chi connectivity index (χ1) is 14.7. The van der Waals surface area contributed by atoms with Crippen LogP contribution < -0.4 is 5.32 Å². The zero-order chi connectivity index (χ0) is 20.5. The van der Waals surface area contributed by atoms with Crippen LogP contribution >= 0.6 is 0 Å². The lowest BCUT2D eigenvalue weighted by atomic mass is 9.93. The minimum absolute atomic E-state index is 0.0771. The number of likely N-dealkylation sites (tertiary alicyclic amines) is 1. The smallest absolute Gasteiger partial charge is 0.276 e. The molecule has 0 unspecified atom stereocenters. The van der Waals surface area contributed by atoms with E-state index in [-0.39, 0.29) is 17.7 Å². The van der Waals surface area contributed by atoms with Gasteiger partial charge in [-0.05, 0) is 43.9 Å². The fraction of sp³-hybridized carbons (Fsp3) is 0.429. The predicted octanol–water partition coefficient (Wildman–Crippen LogP) is 2.82. The highest BCUT2D eigenvalue weighted by Gasteiger charge is 2.31. The summed E-state index contributed by atoms with van der Waals surface area (Å²) < 4.78 is 10.5. The number of carbonyl (C=O) groups is 2. The number of piperidine rings is 1. The highest BCUT2D eigenvalue weighted by atomic mass is 16.5. The van der Waals surface area contributed by atoms with Gasteiger partial charge in [-0.3, -0.25) is 14.7 Å². The van der Waals surface area contributed by atoms with Gasteiger partial charge in [0.25, 0.3) is 11.8 Å². The van der Waals surface area contributed by atoms with Gasteiger partial charge in [0.05, 0.1) is 12.8 Å². The molecule has 1 aliphatic heterocycles. The van der Waals surface area contributed by atoms with E-state index in [1.54, 1.807) is 30.5 Å². The van der Waals surface area contributed by atoms with Crippen LogP contribution in [0.1, 0.15) is 75.7 Å². The summed E-state index contributed by atoms with van der Waals surface area (Å²) in [6, 6.07) is 7.16. The van der Waals surface area contributed by atoms with Gasteiger partial charge in [-0.15, -0.1) is 0 Å². The van der Waals surface area contributed by atoms with E-state index in [1.165, 1.54) is 0 Å². The molecule has 156 valence electrons. The molecule has 0 atom stereocenters. The molecule has 4 heterocycles. The number of nitrogens with one attached hydrogen (secondary N) is 2. The highest BCUT2D eigenvalue weighted by molar-refractivity contribution is 5.93. The van der Waals surface area contributed by atoms with Crippen molar-refractivity contribution in [3.05, 3.63) is 59.1 Å². The van der Waals surface area contributed by atoms with E-state index in [0.29, 0.717) is 42.7 Å². The molecule has 3 aromatic rings. The molecular weight excluding hydrogens is 386 g/mol. The number of carbonyl (C=O) groups excluding carboxylic acids is 2. The molecule has 0 radical (unpaired) electrons. The fourth-order valence-electron chi connectivity index (χ4n) is 3.84. The maximum Gasteiger partial charge on any atom is 0.276 e. The van der Waals surface area contributed by atoms with Crippen molar-refractivity contribution in [2.24, 2.45) is 0 Å². The van der Waals surface area contributed by atoms with Gasteiger partial charge in [-0.1, -0.05) is 5.16 Å². The lowest BCUT2D eigenvalue weighted by Crippen LogP contribution is -2.38. The van der Waals surface area contributed by atoms with E-state index in [0.717, 1.165) is 37.1 Å². The standard InChI is InChI=1S/C21H23N5O4/c27-20(22-12-15-2-1-9-29-15)17-10-16(23-24-17)13-5-7-26(8-6-13)21(28)18-11-19(30-25-18)14-3-4-14/h1-2,9-11,13-14H,3-8,12H2,(H,22,27)(H,23,24). The molecule has 30 heavy (non-hydrogen) atoms. The summed E-state index contributed by atoms with van der Waals surface area (Å²) in [5, 5.41) is 13.9. The van der Waals surface area contributed by atoms with Gasteiger partial charge in [-0.2, -0.15) is 5.10 Å². The average Bonchev–Trinajstić information content (AvgIpc) is 3.22. The molecule has 3 aromatic heterocycles. The maximum atomic E-state index is 12.7. The number of aromatic amines is 1. The summed E-state index contributed by atoms with van der Waals surface area (Å²) in [5.41, 5.74) is 1.67. The van der Waals surface area contributed by atoms with Gasteiger partial charge in [0.1, 0.15) is 17.2 Å². The summed E-state index contributed by atoms with van der Waals surface area (Å²) >= 11 is 0. The van der Waals surface area contributed by atoms with Crippen molar-refractivity contribution >= 4 is 11.8 Å². The van der Waals surface area contributed by atoms with Gasteiger partial charge < -0.3 is 19.2 Å². The first-order valence-electron chi connectivity index (χ1n) is 10.3. The third-order valence-corrected chi connectivity index (χ3v) is 5.78. The molecule has 2 aliphatic rings. The fourth-order valence-corrected chi connectivity index (χ4v) is 3.84. The first-order valence-corrected chi connectivity index (χ1v) is 10.3. The van der Waals surface area contributed by atoms with Crippen molar-refractivity contribution in [1.82, 2.24) is 25.6 Å². The summed E-state index contributed by atoms with van der Waals surface area (Å²) in [6.45, 7) is 1.58. The third-order valence-electron chi connectivity index (χ3n) is 5.78. The second-order valence-corrected chi connectivity index (χ2v) is 7.93. The van der Waals surface area contributed by atoms with Crippen molar-refractivity contribution in [1.29, 1.82) is 0 Å². The topological polar surface area (TPSA) is 117 Å². The molecule has 2 N–H and O–H groups in total. The number of nitrogens with zero attached hydrogens (tertiary/aromatic N) is 3. The van der Waals surface area contributed by atoms with Crippen LogP contribution in [0.2, 0.25) is 0 Å². The molecule has 0 bridgehead atoms. The van der Waals surface area contributed by atoms with Gasteiger partial charge in [0.2, 0.25) is 0 Å².